The average molecular weight is 369 g/mol. The molecule has 0 bridgehead atoms. The van der Waals surface area contributed by atoms with Gasteiger partial charge in [-0.1, -0.05) is 36.4 Å². The fourth-order valence-corrected chi connectivity index (χ4v) is 3.02. The Bertz CT molecular complexity index is 717. The number of piperazine rings is 1. The van der Waals surface area contributed by atoms with Crippen molar-refractivity contribution < 1.29 is 4.79 Å². The Hall–Kier alpha value is -2.64. The minimum absolute atomic E-state index is 0.102. The average Bonchev–Trinajstić information content (AvgIpc) is 2.68. The maximum atomic E-state index is 12.1. The first kappa shape index (κ1) is 18.2. The van der Waals surface area contributed by atoms with E-state index in [9.17, 15) is 4.79 Å². The number of rotatable bonds is 4. The Labute approximate surface area is 159 Å². The molecule has 1 aliphatic rings. The van der Waals surface area contributed by atoms with Gasteiger partial charge in [-0.05, 0) is 36.5 Å². The third-order valence-electron chi connectivity index (χ3n) is 4.21. The summed E-state index contributed by atoms with van der Waals surface area (Å²) in [6.07, 6.45) is 0. The Morgan fingerprint density at radius 1 is 0.885 bits per heavy atom. The van der Waals surface area contributed by atoms with E-state index in [1.54, 1.807) is 0 Å². The largest absolute Gasteiger partial charge is 0.369 e. The number of nitrogens with zero attached hydrogens (tertiary/aromatic N) is 2. The van der Waals surface area contributed by atoms with Crippen LogP contribution in [-0.2, 0) is 4.79 Å². The van der Waals surface area contributed by atoms with Crippen LogP contribution in [0.4, 0.5) is 11.4 Å². The molecule has 0 radical (unpaired) electrons. The Morgan fingerprint density at radius 2 is 1.50 bits per heavy atom. The van der Waals surface area contributed by atoms with Crippen molar-refractivity contribution in [2.45, 2.75) is 0 Å². The highest BCUT2D eigenvalue weighted by molar-refractivity contribution is 7.80. The van der Waals surface area contributed by atoms with E-state index in [4.69, 9.17) is 12.2 Å². The van der Waals surface area contributed by atoms with Gasteiger partial charge in [-0.25, -0.2) is 0 Å². The van der Waals surface area contributed by atoms with Crippen molar-refractivity contribution in [3.8, 4) is 0 Å². The topological polar surface area (TPSA) is 59.6 Å². The van der Waals surface area contributed by atoms with Crippen molar-refractivity contribution in [2.24, 2.45) is 0 Å². The number of benzene rings is 2. The van der Waals surface area contributed by atoms with Crippen LogP contribution < -0.4 is 21.1 Å². The molecule has 26 heavy (non-hydrogen) atoms. The van der Waals surface area contributed by atoms with E-state index in [1.807, 2.05) is 48.5 Å². The molecule has 1 saturated heterocycles. The van der Waals surface area contributed by atoms with Gasteiger partial charge in [0.25, 0.3) is 5.91 Å². The van der Waals surface area contributed by atoms with Crippen molar-refractivity contribution in [3.63, 3.8) is 0 Å². The van der Waals surface area contributed by atoms with Crippen molar-refractivity contribution in [1.82, 2.24) is 15.8 Å². The number of hydrogen-bond donors (Lipinski definition) is 3. The minimum Gasteiger partial charge on any atom is -0.369 e. The molecule has 2 aromatic carbocycles. The van der Waals surface area contributed by atoms with Crippen LogP contribution in [0.5, 0.6) is 0 Å². The van der Waals surface area contributed by atoms with Crippen LogP contribution in [0.3, 0.4) is 0 Å². The zero-order valence-corrected chi connectivity index (χ0v) is 15.3. The molecule has 0 atom stereocenters. The molecule has 0 spiro atoms. The lowest BCUT2D eigenvalue weighted by Gasteiger charge is -2.35. The summed E-state index contributed by atoms with van der Waals surface area (Å²) in [5.74, 6) is -0.102. The molecular weight excluding hydrogens is 346 g/mol. The van der Waals surface area contributed by atoms with Crippen molar-refractivity contribution in [1.29, 1.82) is 0 Å². The van der Waals surface area contributed by atoms with Gasteiger partial charge in [0.2, 0.25) is 0 Å². The second kappa shape index (κ2) is 9.17. The van der Waals surface area contributed by atoms with E-state index in [1.165, 1.54) is 5.69 Å². The van der Waals surface area contributed by atoms with Crippen LogP contribution in [0.15, 0.2) is 60.7 Å². The maximum absolute atomic E-state index is 12.1. The highest BCUT2D eigenvalue weighted by Crippen LogP contribution is 2.15. The predicted molar refractivity (Wildman–Crippen MR) is 109 cm³/mol. The Balaban J connectivity index is 1.36. The molecule has 1 aliphatic heterocycles. The summed E-state index contributed by atoms with van der Waals surface area (Å²) in [4.78, 5) is 16.6. The summed E-state index contributed by atoms with van der Waals surface area (Å²) in [6.45, 7) is 3.89. The first-order chi connectivity index (χ1) is 12.7. The number of hydrogen-bond acceptors (Lipinski definition) is 4. The fourth-order valence-electron chi connectivity index (χ4n) is 2.86. The molecule has 1 amide bonds. The van der Waals surface area contributed by atoms with E-state index in [-0.39, 0.29) is 5.91 Å². The SMILES string of the molecule is O=C(CN1CCN(c2ccccc2)CC1)NNC(=S)Nc1ccccc1. The third kappa shape index (κ3) is 5.44. The van der Waals surface area contributed by atoms with Crippen molar-refractivity contribution >= 4 is 34.6 Å². The number of amides is 1. The summed E-state index contributed by atoms with van der Waals surface area (Å²) in [6, 6.07) is 19.9. The highest BCUT2D eigenvalue weighted by Gasteiger charge is 2.19. The molecule has 1 fully saturated rings. The summed E-state index contributed by atoms with van der Waals surface area (Å²) in [5.41, 5.74) is 7.49. The lowest BCUT2D eigenvalue weighted by Crippen LogP contribution is -2.52. The third-order valence-corrected chi connectivity index (χ3v) is 4.41. The summed E-state index contributed by atoms with van der Waals surface area (Å²) < 4.78 is 0. The molecule has 136 valence electrons. The quantitative estimate of drug-likeness (QED) is 0.565. The molecule has 0 aromatic heterocycles. The van der Waals surface area contributed by atoms with Gasteiger partial charge in [0.05, 0.1) is 6.54 Å². The number of hydrazine groups is 1. The molecule has 2 aromatic rings. The molecule has 3 N–H and O–H groups in total. The number of carbonyl (C=O) groups excluding carboxylic acids is 1. The van der Waals surface area contributed by atoms with Crippen LogP contribution in [0.2, 0.25) is 0 Å². The summed E-state index contributed by atoms with van der Waals surface area (Å²) in [5, 5.41) is 3.37. The van der Waals surface area contributed by atoms with Gasteiger partial charge in [0, 0.05) is 37.6 Å². The van der Waals surface area contributed by atoms with E-state index in [0.717, 1.165) is 31.9 Å². The van der Waals surface area contributed by atoms with E-state index >= 15 is 0 Å². The molecule has 3 rings (SSSR count). The highest BCUT2D eigenvalue weighted by atomic mass is 32.1. The number of carbonyl (C=O) groups is 1. The summed E-state index contributed by atoms with van der Waals surface area (Å²) >= 11 is 5.17. The zero-order chi connectivity index (χ0) is 18.2. The van der Waals surface area contributed by atoms with Gasteiger partial charge in [-0.3, -0.25) is 20.5 Å². The van der Waals surface area contributed by atoms with Gasteiger partial charge in [-0.2, -0.15) is 0 Å². The first-order valence-electron chi connectivity index (χ1n) is 8.64. The van der Waals surface area contributed by atoms with Crippen molar-refractivity contribution in [3.05, 3.63) is 60.7 Å². The molecule has 0 saturated carbocycles. The molecule has 6 nitrogen and oxygen atoms in total. The first-order valence-corrected chi connectivity index (χ1v) is 9.05. The normalized spacial score (nSPS) is 14.5. The van der Waals surface area contributed by atoms with Crippen LogP contribution in [-0.4, -0.2) is 48.6 Å². The fraction of sp³-hybridized carbons (Fsp3) is 0.263. The van der Waals surface area contributed by atoms with Gasteiger partial charge >= 0.3 is 0 Å². The Kier molecular flexibility index (Phi) is 6.40. The van der Waals surface area contributed by atoms with E-state index < -0.39 is 0 Å². The Morgan fingerprint density at radius 3 is 2.15 bits per heavy atom. The molecule has 0 unspecified atom stereocenters. The van der Waals surface area contributed by atoms with Gasteiger partial charge in [0.1, 0.15) is 0 Å². The van der Waals surface area contributed by atoms with Crippen LogP contribution in [0, 0.1) is 0 Å². The van der Waals surface area contributed by atoms with Gasteiger partial charge in [-0.15, -0.1) is 0 Å². The maximum Gasteiger partial charge on any atom is 0.252 e. The molecule has 0 aliphatic carbocycles. The number of thiocarbonyl (C=S) groups is 1. The zero-order valence-electron chi connectivity index (χ0n) is 14.5. The van der Waals surface area contributed by atoms with Gasteiger partial charge in [0.15, 0.2) is 5.11 Å². The molecule has 7 heteroatoms. The number of nitrogens with one attached hydrogen (secondary N) is 3. The van der Waals surface area contributed by atoms with E-state index in [2.05, 4.69) is 38.1 Å². The van der Waals surface area contributed by atoms with Crippen LogP contribution in [0.1, 0.15) is 0 Å². The second-order valence-electron chi connectivity index (χ2n) is 6.09. The monoisotopic (exact) mass is 369 g/mol. The predicted octanol–water partition coefficient (Wildman–Crippen LogP) is 1.83. The van der Waals surface area contributed by atoms with Gasteiger partial charge < -0.3 is 10.2 Å². The van der Waals surface area contributed by atoms with Crippen LogP contribution in [0.25, 0.3) is 0 Å². The van der Waals surface area contributed by atoms with E-state index in [0.29, 0.717) is 11.7 Å². The number of anilines is 2. The smallest absolute Gasteiger partial charge is 0.252 e. The lowest BCUT2D eigenvalue weighted by atomic mass is 10.2. The van der Waals surface area contributed by atoms with Crippen LogP contribution >= 0.6 is 12.2 Å². The molecule has 1 heterocycles. The summed E-state index contributed by atoms with van der Waals surface area (Å²) in [7, 11) is 0. The minimum atomic E-state index is -0.102. The standard InChI is InChI=1S/C19H23N5OS/c25-18(21-22-19(26)20-16-7-3-1-4-8-16)15-23-11-13-24(14-12-23)17-9-5-2-6-10-17/h1-10H,11-15H2,(H,21,25)(H2,20,22,26). The molecular formula is C19H23N5OS. The number of para-hydroxylation sites is 2. The second-order valence-corrected chi connectivity index (χ2v) is 6.50. The lowest BCUT2D eigenvalue weighted by molar-refractivity contribution is -0.122. The van der Waals surface area contributed by atoms with Crippen molar-refractivity contribution in [2.75, 3.05) is 42.9 Å².